The summed E-state index contributed by atoms with van der Waals surface area (Å²) in [6.45, 7) is 3.93. The number of aromatic nitrogens is 1. The number of benzene rings is 1. The van der Waals surface area contributed by atoms with Crippen LogP contribution in [0.2, 0.25) is 0 Å². The Morgan fingerprint density at radius 2 is 1.85 bits per heavy atom. The fourth-order valence-electron chi connectivity index (χ4n) is 1.84. The normalized spacial score (nSPS) is 10.6. The summed E-state index contributed by atoms with van der Waals surface area (Å²) in [6.07, 6.45) is 0.121. The maximum absolute atomic E-state index is 11.8. The molecule has 5 heteroatoms. The maximum Gasteiger partial charge on any atom is 0.259 e. The Labute approximate surface area is 116 Å². The largest absolute Gasteiger partial charge is 0.491 e. The molecule has 0 saturated heterocycles. The van der Waals surface area contributed by atoms with Crippen LogP contribution in [0.25, 0.3) is 11.3 Å². The van der Waals surface area contributed by atoms with Gasteiger partial charge in [-0.1, -0.05) is 0 Å². The zero-order valence-corrected chi connectivity index (χ0v) is 11.4. The van der Waals surface area contributed by atoms with Crippen LogP contribution in [-0.4, -0.2) is 16.9 Å². The zero-order chi connectivity index (χ0) is 14.7. The van der Waals surface area contributed by atoms with Gasteiger partial charge in [-0.15, -0.1) is 0 Å². The van der Waals surface area contributed by atoms with Gasteiger partial charge in [0, 0.05) is 5.69 Å². The van der Waals surface area contributed by atoms with Crippen LogP contribution in [0.3, 0.4) is 0 Å². The fourth-order valence-corrected chi connectivity index (χ4v) is 1.84. The van der Waals surface area contributed by atoms with Gasteiger partial charge >= 0.3 is 0 Å². The molecule has 0 saturated carbocycles. The summed E-state index contributed by atoms with van der Waals surface area (Å²) in [4.78, 5) is 14.5. The van der Waals surface area contributed by atoms with Crippen molar-refractivity contribution in [2.24, 2.45) is 5.73 Å². The Morgan fingerprint density at radius 1 is 1.20 bits per heavy atom. The molecule has 1 aromatic heterocycles. The Kier molecular flexibility index (Phi) is 3.89. The van der Waals surface area contributed by atoms with E-state index in [9.17, 15) is 4.79 Å². The van der Waals surface area contributed by atoms with Gasteiger partial charge in [-0.05, 0) is 55.8 Å². The predicted octanol–water partition coefficient (Wildman–Crippen LogP) is 2.11. The van der Waals surface area contributed by atoms with E-state index in [2.05, 4.69) is 4.98 Å². The van der Waals surface area contributed by atoms with Gasteiger partial charge in [-0.25, -0.2) is 0 Å². The molecule has 2 aromatic rings. The third-order valence-electron chi connectivity index (χ3n) is 2.74. The fraction of sp³-hybridized carbons (Fsp3) is 0.200. The number of ether oxygens (including phenoxy) is 1. The van der Waals surface area contributed by atoms with Crippen LogP contribution in [0.1, 0.15) is 19.4 Å². The number of nitrogen functional groups attached to an aromatic ring is 1. The molecule has 4 N–H and O–H groups in total. The SMILES string of the molecule is CC(C)Oc1ccc(-c2ccc(C(=N)N)c(=O)[nH]2)cc1. The first-order valence-corrected chi connectivity index (χ1v) is 6.32. The molecule has 0 spiro atoms. The van der Waals surface area contributed by atoms with E-state index in [1.807, 2.05) is 38.1 Å². The number of hydrogen-bond donors (Lipinski definition) is 3. The molecule has 1 heterocycles. The molecule has 0 aliphatic rings. The molecular weight excluding hydrogens is 254 g/mol. The molecule has 0 atom stereocenters. The number of nitrogens with one attached hydrogen (secondary N) is 2. The summed E-state index contributed by atoms with van der Waals surface area (Å²) in [5.41, 5.74) is 6.67. The Hall–Kier alpha value is -2.56. The summed E-state index contributed by atoms with van der Waals surface area (Å²) in [6, 6.07) is 10.7. The van der Waals surface area contributed by atoms with E-state index in [0.717, 1.165) is 11.3 Å². The third-order valence-corrected chi connectivity index (χ3v) is 2.74. The van der Waals surface area contributed by atoms with Crippen LogP contribution in [0.5, 0.6) is 5.75 Å². The second kappa shape index (κ2) is 5.61. The van der Waals surface area contributed by atoms with Gasteiger partial charge in [0.15, 0.2) is 0 Å². The highest BCUT2D eigenvalue weighted by molar-refractivity contribution is 5.94. The van der Waals surface area contributed by atoms with E-state index in [4.69, 9.17) is 15.9 Å². The number of pyridine rings is 1. The van der Waals surface area contributed by atoms with E-state index in [-0.39, 0.29) is 23.1 Å². The minimum atomic E-state index is -0.363. The Bertz CT molecular complexity index is 672. The molecule has 0 radical (unpaired) electrons. The number of H-pyrrole nitrogens is 1. The molecule has 0 bridgehead atoms. The first-order chi connectivity index (χ1) is 9.47. The van der Waals surface area contributed by atoms with Crippen LogP contribution in [0.4, 0.5) is 0 Å². The lowest BCUT2D eigenvalue weighted by molar-refractivity contribution is 0.242. The van der Waals surface area contributed by atoms with Crippen molar-refractivity contribution in [3.8, 4) is 17.0 Å². The lowest BCUT2D eigenvalue weighted by Crippen LogP contribution is -2.23. The summed E-state index contributed by atoms with van der Waals surface area (Å²) < 4.78 is 5.56. The van der Waals surface area contributed by atoms with E-state index in [1.54, 1.807) is 12.1 Å². The molecular formula is C15H17N3O2. The van der Waals surface area contributed by atoms with Crippen LogP contribution < -0.4 is 16.0 Å². The maximum atomic E-state index is 11.8. The minimum Gasteiger partial charge on any atom is -0.491 e. The van der Waals surface area contributed by atoms with Crippen molar-refractivity contribution < 1.29 is 4.74 Å². The summed E-state index contributed by atoms with van der Waals surface area (Å²) in [5, 5.41) is 7.29. The quantitative estimate of drug-likeness (QED) is 0.587. The number of hydrogen-bond acceptors (Lipinski definition) is 3. The van der Waals surface area contributed by atoms with Crippen LogP contribution in [0, 0.1) is 5.41 Å². The van der Waals surface area contributed by atoms with E-state index in [0.29, 0.717) is 5.69 Å². The van der Waals surface area contributed by atoms with Crippen molar-refractivity contribution in [2.75, 3.05) is 0 Å². The van der Waals surface area contributed by atoms with Crippen molar-refractivity contribution in [1.29, 1.82) is 5.41 Å². The second-order valence-electron chi connectivity index (χ2n) is 4.72. The van der Waals surface area contributed by atoms with Crippen LogP contribution in [-0.2, 0) is 0 Å². The predicted molar refractivity (Wildman–Crippen MR) is 79.3 cm³/mol. The van der Waals surface area contributed by atoms with Crippen molar-refractivity contribution in [3.05, 3.63) is 52.3 Å². The highest BCUT2D eigenvalue weighted by atomic mass is 16.5. The van der Waals surface area contributed by atoms with E-state index < -0.39 is 0 Å². The average Bonchev–Trinajstić information content (AvgIpc) is 2.38. The molecule has 1 aromatic carbocycles. The summed E-state index contributed by atoms with van der Waals surface area (Å²) in [5.74, 6) is 0.546. The van der Waals surface area contributed by atoms with Gasteiger partial charge < -0.3 is 15.5 Å². The molecule has 0 fully saturated rings. The van der Waals surface area contributed by atoms with Gasteiger partial charge in [0.2, 0.25) is 0 Å². The molecule has 0 aliphatic carbocycles. The molecule has 0 amide bonds. The third kappa shape index (κ3) is 3.06. The van der Waals surface area contributed by atoms with Crippen molar-refractivity contribution in [3.63, 3.8) is 0 Å². The van der Waals surface area contributed by atoms with Gasteiger partial charge in [-0.3, -0.25) is 10.2 Å². The molecule has 20 heavy (non-hydrogen) atoms. The Morgan fingerprint density at radius 3 is 2.35 bits per heavy atom. The van der Waals surface area contributed by atoms with Crippen molar-refractivity contribution >= 4 is 5.84 Å². The average molecular weight is 271 g/mol. The van der Waals surface area contributed by atoms with Gasteiger partial charge in [0.1, 0.15) is 11.6 Å². The number of amidine groups is 1. The lowest BCUT2D eigenvalue weighted by Gasteiger charge is -2.10. The van der Waals surface area contributed by atoms with Crippen LogP contribution >= 0.6 is 0 Å². The minimum absolute atomic E-state index is 0.121. The smallest absolute Gasteiger partial charge is 0.259 e. The zero-order valence-electron chi connectivity index (χ0n) is 11.4. The van der Waals surface area contributed by atoms with Crippen molar-refractivity contribution in [2.45, 2.75) is 20.0 Å². The first-order valence-electron chi connectivity index (χ1n) is 6.32. The first kappa shape index (κ1) is 13.9. The van der Waals surface area contributed by atoms with Gasteiger partial charge in [0.25, 0.3) is 5.56 Å². The molecule has 5 nitrogen and oxygen atoms in total. The number of nitrogens with two attached hydrogens (primary N) is 1. The van der Waals surface area contributed by atoms with Gasteiger partial charge in [0.05, 0.1) is 11.7 Å². The summed E-state index contributed by atoms with van der Waals surface area (Å²) in [7, 11) is 0. The number of rotatable bonds is 4. The highest BCUT2D eigenvalue weighted by Gasteiger charge is 2.06. The topological polar surface area (TPSA) is 92.0 Å². The number of aromatic amines is 1. The molecule has 0 aliphatic heterocycles. The molecule has 104 valence electrons. The second-order valence-corrected chi connectivity index (χ2v) is 4.72. The van der Waals surface area contributed by atoms with Crippen LogP contribution in [0.15, 0.2) is 41.2 Å². The molecule has 0 unspecified atom stereocenters. The van der Waals surface area contributed by atoms with E-state index >= 15 is 0 Å². The molecule has 2 rings (SSSR count). The lowest BCUT2D eigenvalue weighted by atomic mass is 10.1. The summed E-state index contributed by atoms with van der Waals surface area (Å²) >= 11 is 0. The van der Waals surface area contributed by atoms with E-state index in [1.165, 1.54) is 0 Å². The monoisotopic (exact) mass is 271 g/mol. The highest BCUT2D eigenvalue weighted by Crippen LogP contribution is 2.20. The van der Waals surface area contributed by atoms with Gasteiger partial charge in [-0.2, -0.15) is 0 Å². The van der Waals surface area contributed by atoms with Crippen molar-refractivity contribution in [1.82, 2.24) is 4.98 Å². The standard InChI is InChI=1S/C15H17N3O2/c1-9(2)20-11-5-3-10(4-6-11)13-8-7-12(14(16)17)15(19)18-13/h3-9H,1-2H3,(H3,16,17)(H,18,19). The Balaban J connectivity index is 2.30.